The third-order valence-electron chi connectivity index (χ3n) is 6.62. The van der Waals surface area contributed by atoms with E-state index in [0.29, 0.717) is 35.2 Å². The first kappa shape index (κ1) is 27.6. The lowest BCUT2D eigenvalue weighted by atomic mass is 9.90. The Kier molecular flexibility index (Phi) is 9.86. The molecule has 36 heavy (non-hydrogen) atoms. The molecule has 2 aromatic rings. The maximum atomic E-state index is 16.1. The molecule has 0 atom stereocenters. The Hall–Kier alpha value is -2.95. The predicted octanol–water partition coefficient (Wildman–Crippen LogP) is 8.26. The number of aliphatic imine (C=N–C) groups is 1. The maximum absolute atomic E-state index is 16.1. The van der Waals surface area contributed by atoms with E-state index in [-0.39, 0.29) is 5.56 Å². The number of allylic oxidation sites excluding steroid dienone is 1. The Morgan fingerprint density at radius 2 is 1.69 bits per heavy atom. The van der Waals surface area contributed by atoms with Crippen LogP contribution in [0.5, 0.6) is 0 Å². The van der Waals surface area contributed by atoms with Crippen molar-refractivity contribution in [2.45, 2.75) is 66.7 Å². The van der Waals surface area contributed by atoms with Gasteiger partial charge in [0.2, 0.25) is 0 Å². The molecule has 0 saturated heterocycles. The molecule has 0 amide bonds. The van der Waals surface area contributed by atoms with Crippen molar-refractivity contribution >= 4 is 11.9 Å². The van der Waals surface area contributed by atoms with Crippen LogP contribution in [0.4, 0.5) is 8.78 Å². The van der Waals surface area contributed by atoms with E-state index < -0.39 is 11.6 Å². The molecule has 194 valence electrons. The summed E-state index contributed by atoms with van der Waals surface area (Å²) in [4.78, 5) is 4.28. The van der Waals surface area contributed by atoms with Crippen molar-refractivity contribution in [3.8, 4) is 11.1 Å². The number of nitrogens with zero attached hydrogens (tertiary/aromatic N) is 3. The van der Waals surface area contributed by atoms with Gasteiger partial charge < -0.3 is 0 Å². The van der Waals surface area contributed by atoms with Crippen LogP contribution < -0.4 is 0 Å². The normalized spacial score (nSPS) is 13.8. The topological polar surface area (TPSA) is 18.8 Å². The number of benzene rings is 2. The van der Waals surface area contributed by atoms with E-state index in [0.717, 1.165) is 32.1 Å². The molecule has 2 aromatic carbocycles. The lowest BCUT2D eigenvalue weighted by Crippen LogP contribution is -2.37. The van der Waals surface area contributed by atoms with Crippen LogP contribution >= 0.6 is 0 Å². The monoisotopic (exact) mass is 493 g/mol. The number of hydrogen-bond donors (Lipinski definition) is 0. The lowest BCUT2D eigenvalue weighted by molar-refractivity contribution is 0.144. The van der Waals surface area contributed by atoms with Crippen LogP contribution in [0.15, 0.2) is 53.8 Å². The summed E-state index contributed by atoms with van der Waals surface area (Å²) in [5, 5.41) is 3.85. The zero-order valence-electron chi connectivity index (χ0n) is 22.7. The van der Waals surface area contributed by atoms with Crippen molar-refractivity contribution in [2.75, 3.05) is 13.6 Å². The van der Waals surface area contributed by atoms with Gasteiger partial charge in [0.05, 0.1) is 24.0 Å². The molecule has 1 aliphatic heterocycles. The van der Waals surface area contributed by atoms with Gasteiger partial charge in [-0.3, -0.25) is 15.0 Å². The van der Waals surface area contributed by atoms with Crippen LogP contribution in [0.3, 0.4) is 0 Å². The third-order valence-corrected chi connectivity index (χ3v) is 6.62. The molecular weight excluding hydrogens is 452 g/mol. The summed E-state index contributed by atoms with van der Waals surface area (Å²) in [5.74, 6) is 0.0634. The Morgan fingerprint density at radius 1 is 1.00 bits per heavy atom. The zero-order valence-corrected chi connectivity index (χ0v) is 22.7. The molecule has 0 N–H and O–H groups in total. The van der Waals surface area contributed by atoms with Gasteiger partial charge in [-0.05, 0) is 72.8 Å². The molecule has 5 heteroatoms. The highest BCUT2D eigenvalue weighted by Crippen LogP contribution is 2.35. The summed E-state index contributed by atoms with van der Waals surface area (Å²) in [6.45, 7) is 11.4. The van der Waals surface area contributed by atoms with Gasteiger partial charge in [-0.25, -0.2) is 8.78 Å². The van der Waals surface area contributed by atoms with Gasteiger partial charge in [0.15, 0.2) is 0 Å². The van der Waals surface area contributed by atoms with Crippen molar-refractivity contribution in [1.82, 2.24) is 10.0 Å². The summed E-state index contributed by atoms with van der Waals surface area (Å²) in [6.07, 6.45) is 12.3. The van der Waals surface area contributed by atoms with E-state index in [1.165, 1.54) is 23.3 Å². The first-order valence-electron chi connectivity index (χ1n) is 13.2. The summed E-state index contributed by atoms with van der Waals surface area (Å²) in [6, 6.07) is 8.83. The van der Waals surface area contributed by atoms with Crippen LogP contribution in [0, 0.1) is 23.5 Å². The Bertz CT molecular complexity index is 1120. The zero-order chi connectivity index (χ0) is 26.2. The van der Waals surface area contributed by atoms with Gasteiger partial charge in [-0.1, -0.05) is 58.9 Å². The molecule has 0 radical (unpaired) electrons. The maximum Gasteiger partial charge on any atom is 0.143 e. The van der Waals surface area contributed by atoms with Crippen LogP contribution in [0.25, 0.3) is 16.8 Å². The second-order valence-corrected chi connectivity index (χ2v) is 10.4. The average Bonchev–Trinajstić information content (AvgIpc) is 2.85. The second-order valence-electron chi connectivity index (χ2n) is 10.4. The summed E-state index contributed by atoms with van der Waals surface area (Å²) in [5.41, 5.74) is 4.03. The van der Waals surface area contributed by atoms with E-state index in [1.807, 2.05) is 41.5 Å². The van der Waals surface area contributed by atoms with Crippen LogP contribution in [0.1, 0.15) is 70.6 Å². The molecule has 0 bridgehead atoms. The fraction of sp³-hybridized carbons (Fsp3) is 0.452. The van der Waals surface area contributed by atoms with E-state index in [2.05, 4.69) is 45.7 Å². The van der Waals surface area contributed by atoms with Gasteiger partial charge in [0.25, 0.3) is 0 Å². The highest BCUT2D eigenvalue weighted by molar-refractivity contribution is 5.77. The predicted molar refractivity (Wildman–Crippen MR) is 148 cm³/mol. The Balaban J connectivity index is 2.05. The van der Waals surface area contributed by atoms with Crippen molar-refractivity contribution in [3.63, 3.8) is 0 Å². The van der Waals surface area contributed by atoms with Crippen molar-refractivity contribution in [2.24, 2.45) is 16.8 Å². The molecular formula is C31H41F2N3. The lowest BCUT2D eigenvalue weighted by Gasteiger charge is -2.35. The minimum absolute atomic E-state index is 0.0239. The number of hydrogen-bond acceptors (Lipinski definition) is 3. The quantitative estimate of drug-likeness (QED) is 0.314. The highest BCUT2D eigenvalue weighted by Gasteiger charge is 2.24. The summed E-state index contributed by atoms with van der Waals surface area (Å²) in [7, 11) is 1.92. The fourth-order valence-corrected chi connectivity index (χ4v) is 4.42. The molecule has 0 spiro atoms. The highest BCUT2D eigenvalue weighted by atomic mass is 19.1. The van der Waals surface area contributed by atoms with Crippen LogP contribution in [0.2, 0.25) is 0 Å². The minimum atomic E-state index is -0.555. The van der Waals surface area contributed by atoms with Crippen LogP contribution in [-0.2, 0) is 12.8 Å². The van der Waals surface area contributed by atoms with Crippen LogP contribution in [-0.4, -0.2) is 29.8 Å². The first-order valence-corrected chi connectivity index (χ1v) is 13.2. The standard InChI is InChI=1S/C31H41F2N3/c1-7-8-18-35(6)36-19-17-34-21-29(36)27-15-16-28(32)30(31(27)33)26-14-13-24(11-9-22(2)3)25(20-26)12-10-23(4)5/h8,13-18,20-23H,7,9-12,19H2,1-6H3. The first-order chi connectivity index (χ1) is 17.2. The average molecular weight is 494 g/mol. The van der Waals surface area contributed by atoms with Crippen molar-refractivity contribution in [1.29, 1.82) is 0 Å². The van der Waals surface area contributed by atoms with Crippen molar-refractivity contribution < 1.29 is 8.78 Å². The van der Waals surface area contributed by atoms with Gasteiger partial charge in [-0.15, -0.1) is 0 Å². The minimum Gasteiger partial charge on any atom is -0.296 e. The number of hydrazine groups is 1. The molecule has 1 heterocycles. The summed E-state index contributed by atoms with van der Waals surface area (Å²) >= 11 is 0. The molecule has 0 saturated carbocycles. The Labute approximate surface area is 216 Å². The van der Waals surface area contributed by atoms with Gasteiger partial charge in [0, 0.05) is 25.0 Å². The number of aryl methyl sites for hydroxylation is 2. The van der Waals surface area contributed by atoms with E-state index in [4.69, 9.17) is 0 Å². The fourth-order valence-electron chi connectivity index (χ4n) is 4.42. The molecule has 3 nitrogen and oxygen atoms in total. The molecule has 0 fully saturated rings. The molecule has 0 aliphatic carbocycles. The molecule has 1 aliphatic rings. The van der Waals surface area contributed by atoms with Gasteiger partial charge in [-0.2, -0.15) is 0 Å². The summed E-state index contributed by atoms with van der Waals surface area (Å²) < 4.78 is 31.3. The number of rotatable bonds is 11. The smallest absolute Gasteiger partial charge is 0.143 e. The van der Waals surface area contributed by atoms with E-state index >= 15 is 8.78 Å². The largest absolute Gasteiger partial charge is 0.296 e. The van der Waals surface area contributed by atoms with E-state index in [9.17, 15) is 0 Å². The van der Waals surface area contributed by atoms with Crippen molar-refractivity contribution in [3.05, 3.63) is 77.1 Å². The SMILES string of the molecule is CCC=CN(C)N1CC=NC=C1c1ccc(F)c(-c2ccc(CCC(C)C)c(CCC(C)C)c2)c1F. The number of halogens is 2. The Morgan fingerprint density at radius 3 is 2.36 bits per heavy atom. The molecule has 0 unspecified atom stereocenters. The van der Waals surface area contributed by atoms with Gasteiger partial charge in [0.1, 0.15) is 11.6 Å². The van der Waals surface area contributed by atoms with E-state index in [1.54, 1.807) is 12.4 Å². The van der Waals surface area contributed by atoms with Gasteiger partial charge >= 0.3 is 0 Å². The molecule has 0 aromatic heterocycles. The molecule has 3 rings (SSSR count). The third kappa shape index (κ3) is 6.83. The second kappa shape index (κ2) is 12.8.